The van der Waals surface area contributed by atoms with Gasteiger partial charge in [0.2, 0.25) is 0 Å². The molecule has 182 valence electrons. The third-order valence-electron chi connectivity index (χ3n) is 5.40. The number of piperidine rings is 1. The summed E-state index contributed by atoms with van der Waals surface area (Å²) in [4.78, 5) is 50.9. The third kappa shape index (κ3) is 5.50. The number of carboxylic acid groups (broad SMARTS) is 1. The van der Waals surface area contributed by atoms with E-state index in [0.29, 0.717) is 37.9 Å². The molecule has 0 bridgehead atoms. The monoisotopic (exact) mass is 497 g/mol. The zero-order chi connectivity index (χ0) is 25.0. The molecule has 34 heavy (non-hydrogen) atoms. The minimum absolute atomic E-state index is 0.0178. The fourth-order valence-corrected chi connectivity index (χ4v) is 3.97. The molecule has 0 spiro atoms. The van der Waals surface area contributed by atoms with Crippen molar-refractivity contribution in [1.82, 2.24) is 20.0 Å². The van der Waals surface area contributed by atoms with Gasteiger partial charge in [-0.05, 0) is 31.4 Å². The maximum atomic E-state index is 13.5. The van der Waals surface area contributed by atoms with Gasteiger partial charge in [-0.15, -0.1) is 0 Å². The van der Waals surface area contributed by atoms with Crippen molar-refractivity contribution < 1.29 is 33.1 Å². The lowest BCUT2D eigenvalue weighted by Crippen LogP contribution is -2.50. The number of aliphatic carboxylic acids is 1. The lowest BCUT2D eigenvalue weighted by atomic mass is 10.0. The SMILES string of the molecule is CCCN(C(=O)c1cc(NC(=O)c2cc(F)c(F)cc2Cl)[nH]n1)C1CCN(C(=O)C(=O)O)CC1. The zero-order valence-electron chi connectivity index (χ0n) is 18.1. The topological polar surface area (TPSA) is 136 Å². The number of rotatable bonds is 6. The molecule has 13 heteroatoms. The summed E-state index contributed by atoms with van der Waals surface area (Å²) in [5.74, 6) is -6.10. The summed E-state index contributed by atoms with van der Waals surface area (Å²) in [6.45, 7) is 2.72. The molecule has 0 radical (unpaired) electrons. The number of amides is 3. The molecule has 0 saturated carbocycles. The van der Waals surface area contributed by atoms with Gasteiger partial charge in [0, 0.05) is 31.7 Å². The number of carboxylic acids is 1. The van der Waals surface area contributed by atoms with Crippen LogP contribution in [-0.4, -0.2) is 74.5 Å². The van der Waals surface area contributed by atoms with Crippen LogP contribution in [0.4, 0.5) is 14.6 Å². The number of anilines is 1. The number of nitrogens with zero attached hydrogens (tertiary/aromatic N) is 3. The average molecular weight is 498 g/mol. The van der Waals surface area contributed by atoms with Crippen molar-refractivity contribution in [3.8, 4) is 0 Å². The number of carbonyl (C=O) groups excluding carboxylic acids is 3. The average Bonchev–Trinajstić information content (AvgIpc) is 3.27. The zero-order valence-corrected chi connectivity index (χ0v) is 18.9. The summed E-state index contributed by atoms with van der Waals surface area (Å²) < 4.78 is 26.7. The molecule has 10 nitrogen and oxygen atoms in total. The van der Waals surface area contributed by atoms with Crippen molar-refractivity contribution in [3.05, 3.63) is 46.1 Å². The number of benzene rings is 1. The number of carbonyl (C=O) groups is 4. The predicted octanol–water partition coefficient (Wildman–Crippen LogP) is 2.52. The quantitative estimate of drug-likeness (QED) is 0.414. The minimum Gasteiger partial charge on any atom is -0.474 e. The largest absolute Gasteiger partial charge is 0.474 e. The molecule has 0 unspecified atom stereocenters. The van der Waals surface area contributed by atoms with Gasteiger partial charge in [-0.1, -0.05) is 18.5 Å². The van der Waals surface area contributed by atoms with Crippen LogP contribution in [0.2, 0.25) is 5.02 Å². The molecule has 3 rings (SSSR count). The highest BCUT2D eigenvalue weighted by molar-refractivity contribution is 6.34. The van der Waals surface area contributed by atoms with Gasteiger partial charge < -0.3 is 20.2 Å². The van der Waals surface area contributed by atoms with Crippen LogP contribution >= 0.6 is 11.6 Å². The van der Waals surface area contributed by atoms with Gasteiger partial charge in [-0.3, -0.25) is 19.5 Å². The Kier molecular flexibility index (Phi) is 7.82. The van der Waals surface area contributed by atoms with Crippen LogP contribution in [-0.2, 0) is 9.59 Å². The first-order chi connectivity index (χ1) is 16.1. The molecule has 2 aromatic rings. The second-order valence-electron chi connectivity index (χ2n) is 7.69. The normalized spacial score (nSPS) is 14.1. The van der Waals surface area contributed by atoms with Crippen molar-refractivity contribution in [3.63, 3.8) is 0 Å². The van der Waals surface area contributed by atoms with E-state index in [-0.39, 0.29) is 41.2 Å². The summed E-state index contributed by atoms with van der Waals surface area (Å²) >= 11 is 5.82. The molecule has 0 aliphatic carbocycles. The fraction of sp³-hybridized carbons (Fsp3) is 0.381. The van der Waals surface area contributed by atoms with Crippen LogP contribution in [0.5, 0.6) is 0 Å². The lowest BCUT2D eigenvalue weighted by Gasteiger charge is -2.37. The van der Waals surface area contributed by atoms with Crippen molar-refractivity contribution >= 4 is 41.1 Å². The van der Waals surface area contributed by atoms with Gasteiger partial charge >= 0.3 is 11.9 Å². The summed E-state index contributed by atoms with van der Waals surface area (Å²) in [7, 11) is 0. The fourth-order valence-electron chi connectivity index (χ4n) is 3.74. The standard InChI is InChI=1S/C21H22ClF2N5O5/c1-2-5-29(11-3-6-28(7-4-11)20(32)21(33)34)19(31)16-10-17(27-26-16)25-18(30)12-8-14(23)15(24)9-13(12)22/h8-11H,2-7H2,1H3,(H,33,34)(H2,25,26,27,30). The van der Waals surface area contributed by atoms with Crippen molar-refractivity contribution in [2.24, 2.45) is 0 Å². The first-order valence-electron chi connectivity index (χ1n) is 10.5. The second kappa shape index (κ2) is 10.6. The summed E-state index contributed by atoms with van der Waals surface area (Å²) in [6.07, 6.45) is 1.48. The van der Waals surface area contributed by atoms with Crippen LogP contribution in [0.25, 0.3) is 0 Å². The number of likely N-dealkylation sites (tertiary alicyclic amines) is 1. The van der Waals surface area contributed by atoms with Gasteiger partial charge in [0.25, 0.3) is 11.8 Å². The highest BCUT2D eigenvalue weighted by Crippen LogP contribution is 2.23. The van der Waals surface area contributed by atoms with Gasteiger partial charge in [-0.2, -0.15) is 5.10 Å². The molecule has 1 fully saturated rings. The van der Waals surface area contributed by atoms with Gasteiger partial charge in [0.15, 0.2) is 17.3 Å². The first kappa shape index (κ1) is 25.1. The molecule has 1 aromatic carbocycles. The van der Waals surface area contributed by atoms with E-state index in [0.717, 1.165) is 0 Å². The Balaban J connectivity index is 1.69. The predicted molar refractivity (Wildman–Crippen MR) is 116 cm³/mol. The number of hydrogen-bond donors (Lipinski definition) is 3. The van der Waals surface area contributed by atoms with Crippen LogP contribution in [0.15, 0.2) is 18.2 Å². The Bertz CT molecular complexity index is 1120. The minimum atomic E-state index is -1.52. The third-order valence-corrected chi connectivity index (χ3v) is 5.71. The molecule has 2 heterocycles. The molecule has 1 aromatic heterocycles. The van der Waals surface area contributed by atoms with E-state index in [2.05, 4.69) is 15.5 Å². The van der Waals surface area contributed by atoms with Crippen molar-refractivity contribution in [2.45, 2.75) is 32.2 Å². The molecule has 1 saturated heterocycles. The summed E-state index contributed by atoms with van der Waals surface area (Å²) in [6, 6.07) is 2.44. The maximum Gasteiger partial charge on any atom is 0.394 e. The molecule has 1 aliphatic heterocycles. The van der Waals surface area contributed by atoms with Crippen LogP contribution < -0.4 is 5.32 Å². The van der Waals surface area contributed by atoms with Crippen LogP contribution in [0.3, 0.4) is 0 Å². The number of hydrogen-bond acceptors (Lipinski definition) is 5. The van der Waals surface area contributed by atoms with Gasteiger partial charge in [0.05, 0.1) is 10.6 Å². The Morgan fingerprint density at radius 2 is 1.85 bits per heavy atom. The smallest absolute Gasteiger partial charge is 0.394 e. The molecular formula is C21H22ClF2N5O5. The van der Waals surface area contributed by atoms with E-state index in [9.17, 15) is 28.0 Å². The second-order valence-corrected chi connectivity index (χ2v) is 8.10. The van der Waals surface area contributed by atoms with E-state index in [1.807, 2.05) is 6.92 Å². The number of nitrogens with one attached hydrogen (secondary N) is 2. The number of aromatic amines is 1. The number of halogens is 3. The Morgan fingerprint density at radius 3 is 2.47 bits per heavy atom. The van der Waals surface area contributed by atoms with E-state index in [1.165, 1.54) is 11.0 Å². The lowest BCUT2D eigenvalue weighted by molar-refractivity contribution is -0.156. The summed E-state index contributed by atoms with van der Waals surface area (Å²) in [5.41, 5.74) is -0.275. The molecular weight excluding hydrogens is 476 g/mol. The first-order valence-corrected chi connectivity index (χ1v) is 10.8. The highest BCUT2D eigenvalue weighted by Gasteiger charge is 2.32. The van der Waals surface area contributed by atoms with Crippen molar-refractivity contribution in [2.75, 3.05) is 25.0 Å². The maximum absolute atomic E-state index is 13.5. The number of aromatic nitrogens is 2. The Labute approximate surface area is 197 Å². The van der Waals surface area contributed by atoms with Gasteiger partial charge in [0.1, 0.15) is 5.82 Å². The van der Waals surface area contributed by atoms with E-state index >= 15 is 0 Å². The molecule has 1 aliphatic rings. The van der Waals surface area contributed by atoms with E-state index in [1.54, 1.807) is 4.90 Å². The summed E-state index contributed by atoms with van der Waals surface area (Å²) in [5, 5.41) is 17.4. The molecule has 3 amide bonds. The van der Waals surface area contributed by atoms with E-state index < -0.39 is 35.3 Å². The van der Waals surface area contributed by atoms with Gasteiger partial charge in [-0.25, -0.2) is 13.6 Å². The van der Waals surface area contributed by atoms with Crippen LogP contribution in [0.1, 0.15) is 47.0 Å². The number of H-pyrrole nitrogens is 1. The Morgan fingerprint density at radius 1 is 1.21 bits per heavy atom. The highest BCUT2D eigenvalue weighted by atomic mass is 35.5. The van der Waals surface area contributed by atoms with Crippen LogP contribution in [0, 0.1) is 11.6 Å². The Hall–Kier alpha value is -3.54. The van der Waals surface area contributed by atoms with E-state index in [4.69, 9.17) is 16.7 Å². The molecule has 3 N–H and O–H groups in total. The molecule has 0 atom stereocenters. The van der Waals surface area contributed by atoms with Crippen molar-refractivity contribution in [1.29, 1.82) is 0 Å².